The lowest BCUT2D eigenvalue weighted by Crippen LogP contribution is -2.49. The minimum absolute atomic E-state index is 0.00897. The van der Waals surface area contributed by atoms with E-state index in [0.717, 1.165) is 6.07 Å². The highest BCUT2D eigenvalue weighted by molar-refractivity contribution is 7.89. The monoisotopic (exact) mass is 436 g/mol. The van der Waals surface area contributed by atoms with Crippen LogP contribution in [0.15, 0.2) is 24.3 Å². The first-order valence-electron chi connectivity index (χ1n) is 9.30. The van der Waals surface area contributed by atoms with Crippen LogP contribution in [-0.2, 0) is 21.0 Å². The Hall–Kier alpha value is -1.69. The van der Waals surface area contributed by atoms with E-state index >= 15 is 0 Å². The molecule has 0 radical (unpaired) electrons. The highest BCUT2D eigenvalue weighted by Gasteiger charge is 2.33. The van der Waals surface area contributed by atoms with Gasteiger partial charge in [-0.25, -0.2) is 12.7 Å². The fourth-order valence-corrected chi connectivity index (χ4v) is 3.92. The molecule has 1 heterocycles. The average molecular weight is 437 g/mol. The normalized spacial score (nSPS) is 16.9. The van der Waals surface area contributed by atoms with E-state index in [-0.39, 0.29) is 18.0 Å². The first-order valence-corrected chi connectivity index (χ1v) is 10.9. The van der Waals surface area contributed by atoms with Crippen LogP contribution in [0, 0.1) is 0 Å². The average Bonchev–Trinajstić information content (AvgIpc) is 2.62. The molecule has 164 valence electrons. The third kappa shape index (κ3) is 7.25. The molecular formula is C18H27F3N4O3S. The molecule has 1 N–H and O–H groups in total. The van der Waals surface area contributed by atoms with E-state index in [9.17, 15) is 26.4 Å². The molecule has 7 nitrogen and oxygen atoms in total. The number of benzene rings is 1. The van der Waals surface area contributed by atoms with Crippen molar-refractivity contribution in [3.63, 3.8) is 0 Å². The van der Waals surface area contributed by atoms with Crippen LogP contribution < -0.4 is 5.32 Å². The summed E-state index contributed by atoms with van der Waals surface area (Å²) in [5, 5.41) is 2.35. The number of nitrogens with zero attached hydrogens (tertiary/aromatic N) is 3. The van der Waals surface area contributed by atoms with Gasteiger partial charge in [-0.15, -0.1) is 0 Å². The Balaban J connectivity index is 1.77. The lowest BCUT2D eigenvalue weighted by atomic mass is 10.1. The van der Waals surface area contributed by atoms with Gasteiger partial charge in [0.25, 0.3) is 0 Å². The van der Waals surface area contributed by atoms with Gasteiger partial charge in [-0.3, -0.25) is 9.69 Å². The van der Waals surface area contributed by atoms with Crippen molar-refractivity contribution in [1.82, 2.24) is 14.1 Å². The van der Waals surface area contributed by atoms with E-state index in [4.69, 9.17) is 0 Å². The van der Waals surface area contributed by atoms with Gasteiger partial charge in [0.1, 0.15) is 0 Å². The predicted octanol–water partition coefficient (Wildman–Crippen LogP) is 1.54. The van der Waals surface area contributed by atoms with Crippen molar-refractivity contribution in [2.24, 2.45) is 0 Å². The van der Waals surface area contributed by atoms with Crippen molar-refractivity contribution >= 4 is 21.6 Å². The fraction of sp³-hybridized carbons (Fsp3) is 0.611. The van der Waals surface area contributed by atoms with Crippen LogP contribution in [0.5, 0.6) is 0 Å². The van der Waals surface area contributed by atoms with Crippen LogP contribution in [0.4, 0.5) is 18.9 Å². The second kappa shape index (κ2) is 9.88. The number of hydrogen-bond donors (Lipinski definition) is 1. The van der Waals surface area contributed by atoms with E-state index in [1.807, 2.05) is 4.90 Å². The molecule has 1 aliphatic rings. The van der Waals surface area contributed by atoms with E-state index in [1.165, 1.54) is 36.6 Å². The zero-order valence-electron chi connectivity index (χ0n) is 16.6. The Morgan fingerprint density at radius 2 is 1.69 bits per heavy atom. The summed E-state index contributed by atoms with van der Waals surface area (Å²) < 4.78 is 63.8. The van der Waals surface area contributed by atoms with Crippen molar-refractivity contribution in [2.45, 2.75) is 12.6 Å². The summed E-state index contributed by atoms with van der Waals surface area (Å²) in [4.78, 5) is 16.2. The quantitative estimate of drug-likeness (QED) is 0.670. The number of rotatable bonds is 8. The maximum Gasteiger partial charge on any atom is 0.418 e. The smallest absolute Gasteiger partial charge is 0.324 e. The Morgan fingerprint density at radius 3 is 2.28 bits per heavy atom. The first-order chi connectivity index (χ1) is 13.5. The highest BCUT2D eigenvalue weighted by atomic mass is 32.2. The Kier molecular flexibility index (Phi) is 8.03. The summed E-state index contributed by atoms with van der Waals surface area (Å²) in [6.45, 7) is 3.19. The Labute approximate surface area is 169 Å². The van der Waals surface area contributed by atoms with Gasteiger partial charge in [-0.05, 0) is 25.1 Å². The van der Waals surface area contributed by atoms with Gasteiger partial charge in [0.15, 0.2) is 0 Å². The van der Waals surface area contributed by atoms with Crippen LogP contribution in [0.25, 0.3) is 0 Å². The van der Waals surface area contributed by atoms with Gasteiger partial charge in [0.05, 0.1) is 23.5 Å². The fourth-order valence-electron chi connectivity index (χ4n) is 3.06. The van der Waals surface area contributed by atoms with Crippen molar-refractivity contribution in [2.75, 3.05) is 64.4 Å². The largest absolute Gasteiger partial charge is 0.418 e. The zero-order chi connectivity index (χ0) is 21.7. The van der Waals surface area contributed by atoms with Crippen molar-refractivity contribution < 1.29 is 26.4 Å². The molecule has 0 aromatic heterocycles. The van der Waals surface area contributed by atoms with Gasteiger partial charge in [-0.1, -0.05) is 12.1 Å². The lowest BCUT2D eigenvalue weighted by Gasteiger charge is -2.34. The van der Waals surface area contributed by atoms with Crippen LogP contribution >= 0.6 is 0 Å². The highest BCUT2D eigenvalue weighted by Crippen LogP contribution is 2.34. The molecule has 0 unspecified atom stereocenters. The third-order valence-electron chi connectivity index (χ3n) is 4.77. The van der Waals surface area contributed by atoms with Crippen LogP contribution in [0.1, 0.15) is 12.0 Å². The van der Waals surface area contributed by atoms with Crippen molar-refractivity contribution in [3.8, 4) is 0 Å². The molecule has 0 atom stereocenters. The first kappa shape index (κ1) is 23.6. The van der Waals surface area contributed by atoms with Gasteiger partial charge in [0, 0.05) is 40.3 Å². The van der Waals surface area contributed by atoms with Gasteiger partial charge >= 0.3 is 6.18 Å². The maximum absolute atomic E-state index is 13.0. The maximum atomic E-state index is 13.0. The van der Waals surface area contributed by atoms with Crippen LogP contribution in [-0.4, -0.2) is 87.5 Å². The van der Waals surface area contributed by atoms with E-state index in [2.05, 4.69) is 10.2 Å². The molecule has 1 aromatic rings. The van der Waals surface area contributed by atoms with E-state index in [1.54, 1.807) is 0 Å². The molecule has 29 heavy (non-hydrogen) atoms. The SMILES string of the molecule is CN(C)S(=O)(=O)CCCN1CCN(CC(=O)Nc2ccccc2C(F)(F)F)CC1. The summed E-state index contributed by atoms with van der Waals surface area (Å²) in [5.41, 5.74) is -1.11. The number of nitrogens with one attached hydrogen (secondary N) is 1. The van der Waals surface area contributed by atoms with Crippen LogP contribution in [0.3, 0.4) is 0 Å². The minimum Gasteiger partial charge on any atom is -0.324 e. The summed E-state index contributed by atoms with van der Waals surface area (Å²) in [5.74, 6) is -0.409. The minimum atomic E-state index is -4.53. The topological polar surface area (TPSA) is 73.0 Å². The number of hydrogen-bond acceptors (Lipinski definition) is 5. The predicted molar refractivity (Wildman–Crippen MR) is 105 cm³/mol. The number of halogens is 3. The molecule has 11 heteroatoms. The number of alkyl halides is 3. The zero-order valence-corrected chi connectivity index (χ0v) is 17.4. The van der Waals surface area contributed by atoms with Crippen molar-refractivity contribution in [1.29, 1.82) is 0 Å². The molecule has 0 saturated carbocycles. The number of carbonyl (C=O) groups is 1. The number of piperazine rings is 1. The number of anilines is 1. The van der Waals surface area contributed by atoms with E-state index < -0.39 is 27.7 Å². The molecule has 1 fully saturated rings. The number of carbonyl (C=O) groups excluding carboxylic acids is 1. The molecule has 1 aliphatic heterocycles. The number of amides is 1. The van der Waals surface area contributed by atoms with Crippen LogP contribution in [0.2, 0.25) is 0 Å². The molecule has 0 bridgehead atoms. The summed E-state index contributed by atoms with van der Waals surface area (Å²) >= 11 is 0. The Morgan fingerprint density at radius 1 is 1.10 bits per heavy atom. The van der Waals surface area contributed by atoms with E-state index in [0.29, 0.717) is 39.1 Å². The summed E-state index contributed by atoms with van der Waals surface area (Å²) in [7, 11) is -0.194. The summed E-state index contributed by atoms with van der Waals surface area (Å²) in [6.07, 6.45) is -4.01. The molecule has 1 aromatic carbocycles. The van der Waals surface area contributed by atoms with Gasteiger partial charge in [-0.2, -0.15) is 13.2 Å². The third-order valence-corrected chi connectivity index (χ3v) is 6.69. The van der Waals surface area contributed by atoms with Gasteiger partial charge in [0.2, 0.25) is 15.9 Å². The second-order valence-corrected chi connectivity index (χ2v) is 9.46. The molecule has 0 aliphatic carbocycles. The summed E-state index contributed by atoms with van der Waals surface area (Å²) in [6, 6.07) is 4.90. The molecule has 0 spiro atoms. The molecule has 2 rings (SSSR count). The number of para-hydroxylation sites is 1. The van der Waals surface area contributed by atoms with Crippen molar-refractivity contribution in [3.05, 3.63) is 29.8 Å². The Bertz CT molecular complexity index is 792. The van der Waals surface area contributed by atoms with Gasteiger partial charge < -0.3 is 10.2 Å². The molecule has 1 saturated heterocycles. The molecule has 1 amide bonds. The standard InChI is InChI=1S/C18H27F3N4O3S/c1-23(2)29(27,28)13-5-8-24-9-11-25(12-10-24)14-17(26)22-16-7-4-3-6-15(16)18(19,20)21/h3-4,6-7H,5,8-14H2,1-2H3,(H,22,26). The number of sulfonamides is 1. The molecular weight excluding hydrogens is 409 g/mol. The second-order valence-electron chi connectivity index (χ2n) is 7.16. The lowest BCUT2D eigenvalue weighted by molar-refractivity contribution is -0.137.